The number of carbonyl (C=O) groups is 2. The molecular weight excluding hydrogens is 304 g/mol. The predicted octanol–water partition coefficient (Wildman–Crippen LogP) is 3.10. The largest absolute Gasteiger partial charge is 0.477 e. The first kappa shape index (κ1) is 16.2. The highest BCUT2D eigenvalue weighted by Crippen LogP contribution is 2.24. The molecule has 118 valence electrons. The van der Waals surface area contributed by atoms with Crippen LogP contribution in [-0.4, -0.2) is 22.0 Å². The van der Waals surface area contributed by atoms with Crippen LogP contribution in [0.25, 0.3) is 0 Å². The van der Waals surface area contributed by atoms with Gasteiger partial charge >= 0.3 is 5.97 Å². The molecule has 0 aliphatic heterocycles. The second-order valence-corrected chi connectivity index (χ2v) is 6.07. The van der Waals surface area contributed by atoms with E-state index in [1.807, 2.05) is 13.8 Å². The van der Waals surface area contributed by atoms with Crippen LogP contribution in [0.2, 0.25) is 0 Å². The van der Waals surface area contributed by atoms with Gasteiger partial charge in [0.25, 0.3) is 5.91 Å². The Labute approximate surface area is 132 Å². The van der Waals surface area contributed by atoms with Gasteiger partial charge in [-0.25, -0.2) is 9.78 Å². The van der Waals surface area contributed by atoms with Gasteiger partial charge in [0.1, 0.15) is 15.6 Å². The summed E-state index contributed by atoms with van der Waals surface area (Å²) in [6, 6.07) is 1.32. The maximum atomic E-state index is 12.2. The average molecular weight is 322 g/mol. The lowest BCUT2D eigenvalue weighted by molar-refractivity contribution is 0.0701. The molecule has 0 saturated carbocycles. The number of rotatable bonds is 5. The number of thiazole rings is 1. The number of hydrogen-bond donors (Lipinski definition) is 2. The molecule has 0 saturated heterocycles. The molecule has 7 heteroatoms. The van der Waals surface area contributed by atoms with Crippen molar-refractivity contribution >= 4 is 23.2 Å². The third-order valence-corrected chi connectivity index (χ3v) is 4.62. The van der Waals surface area contributed by atoms with Crippen LogP contribution < -0.4 is 5.32 Å². The van der Waals surface area contributed by atoms with Crippen LogP contribution >= 0.6 is 11.3 Å². The zero-order chi connectivity index (χ0) is 16.4. The highest BCUT2D eigenvalue weighted by molar-refractivity contribution is 7.13. The van der Waals surface area contributed by atoms with Crippen molar-refractivity contribution in [3.63, 3.8) is 0 Å². The number of nitrogens with zero attached hydrogens (tertiary/aromatic N) is 1. The molecule has 0 radical (unpaired) electrons. The molecule has 0 aliphatic carbocycles. The van der Waals surface area contributed by atoms with Gasteiger partial charge in [-0.1, -0.05) is 6.92 Å². The van der Waals surface area contributed by atoms with Crippen molar-refractivity contribution in [3.8, 4) is 0 Å². The summed E-state index contributed by atoms with van der Waals surface area (Å²) in [5.74, 6) is -0.293. The number of hydrogen-bond acceptors (Lipinski definition) is 5. The molecule has 1 atom stereocenters. The van der Waals surface area contributed by atoms with E-state index in [0.717, 1.165) is 29.1 Å². The third-order valence-electron chi connectivity index (χ3n) is 3.29. The van der Waals surface area contributed by atoms with E-state index in [4.69, 9.17) is 9.52 Å². The van der Waals surface area contributed by atoms with Gasteiger partial charge in [-0.15, -0.1) is 11.3 Å². The highest BCUT2D eigenvalue weighted by Gasteiger charge is 2.21. The molecule has 0 aliphatic rings. The summed E-state index contributed by atoms with van der Waals surface area (Å²) in [6.07, 6.45) is 0.725. The van der Waals surface area contributed by atoms with Crippen molar-refractivity contribution in [1.82, 2.24) is 10.3 Å². The Morgan fingerprint density at radius 2 is 2.14 bits per heavy atom. The second-order valence-electron chi connectivity index (χ2n) is 5.04. The molecule has 2 aromatic heterocycles. The minimum absolute atomic E-state index is 0.193. The smallest absolute Gasteiger partial charge is 0.347 e. The first-order valence-corrected chi connectivity index (χ1v) is 7.75. The molecule has 2 aromatic rings. The quantitative estimate of drug-likeness (QED) is 0.882. The van der Waals surface area contributed by atoms with Gasteiger partial charge in [0, 0.05) is 6.42 Å². The van der Waals surface area contributed by atoms with Gasteiger partial charge in [-0.3, -0.25) is 4.79 Å². The summed E-state index contributed by atoms with van der Waals surface area (Å²) in [7, 11) is 0. The number of carbonyl (C=O) groups excluding carboxylic acids is 1. The third kappa shape index (κ3) is 3.19. The van der Waals surface area contributed by atoms with Crippen LogP contribution in [-0.2, 0) is 6.42 Å². The first-order chi connectivity index (χ1) is 10.3. The lowest BCUT2D eigenvalue weighted by Gasteiger charge is -2.09. The maximum Gasteiger partial charge on any atom is 0.347 e. The maximum absolute atomic E-state index is 12.2. The molecule has 0 spiro atoms. The number of aromatic nitrogens is 1. The molecule has 1 unspecified atom stereocenters. The van der Waals surface area contributed by atoms with Gasteiger partial charge in [0.05, 0.1) is 11.7 Å². The lowest BCUT2D eigenvalue weighted by atomic mass is 10.2. The van der Waals surface area contributed by atoms with E-state index in [0.29, 0.717) is 10.7 Å². The molecule has 0 fully saturated rings. The number of nitrogens with one attached hydrogen (secondary N) is 1. The Morgan fingerprint density at radius 3 is 2.64 bits per heavy atom. The second kappa shape index (κ2) is 6.31. The van der Waals surface area contributed by atoms with Crippen molar-refractivity contribution in [2.45, 2.75) is 40.2 Å². The summed E-state index contributed by atoms with van der Waals surface area (Å²) in [5, 5.41) is 12.4. The van der Waals surface area contributed by atoms with E-state index < -0.39 is 5.97 Å². The Hall–Kier alpha value is -2.15. The van der Waals surface area contributed by atoms with Crippen molar-refractivity contribution in [2.24, 2.45) is 0 Å². The van der Waals surface area contributed by atoms with Crippen molar-refractivity contribution < 1.29 is 19.1 Å². The summed E-state index contributed by atoms with van der Waals surface area (Å²) in [5.41, 5.74) is 1.40. The number of amides is 1. The van der Waals surface area contributed by atoms with Crippen LogP contribution in [0, 0.1) is 13.8 Å². The number of aromatic carboxylic acids is 1. The van der Waals surface area contributed by atoms with Crippen molar-refractivity contribution in [3.05, 3.63) is 38.7 Å². The topological polar surface area (TPSA) is 92.4 Å². The molecule has 22 heavy (non-hydrogen) atoms. The number of furan rings is 1. The van der Waals surface area contributed by atoms with E-state index in [1.165, 1.54) is 0 Å². The lowest BCUT2D eigenvalue weighted by Crippen LogP contribution is -2.26. The van der Waals surface area contributed by atoms with Crippen LogP contribution in [0.3, 0.4) is 0 Å². The van der Waals surface area contributed by atoms with Crippen molar-refractivity contribution in [1.29, 1.82) is 0 Å². The van der Waals surface area contributed by atoms with Gasteiger partial charge in [-0.2, -0.15) is 0 Å². The minimum Gasteiger partial charge on any atom is -0.477 e. The SMILES string of the molecule is CCc1oc(C(=O)NC(C)c2nc(C)c(C(=O)O)s2)cc1C. The fourth-order valence-electron chi connectivity index (χ4n) is 2.11. The standard InChI is InChI=1S/C15H18N2O4S/c1-5-10-7(2)6-11(21-10)13(18)16-9(4)14-17-8(3)12(22-14)15(19)20/h6,9H,5H2,1-4H3,(H,16,18)(H,19,20). The summed E-state index contributed by atoms with van der Waals surface area (Å²) in [6.45, 7) is 7.26. The zero-order valence-electron chi connectivity index (χ0n) is 12.9. The fraction of sp³-hybridized carbons (Fsp3) is 0.400. The molecule has 2 heterocycles. The van der Waals surface area contributed by atoms with Crippen molar-refractivity contribution in [2.75, 3.05) is 0 Å². The molecule has 0 aromatic carbocycles. The normalized spacial score (nSPS) is 12.2. The van der Waals surface area contributed by atoms with Crippen LogP contribution in [0.5, 0.6) is 0 Å². The summed E-state index contributed by atoms with van der Waals surface area (Å²) < 4.78 is 5.51. The predicted molar refractivity (Wildman–Crippen MR) is 82.5 cm³/mol. The molecule has 1 amide bonds. The van der Waals surface area contributed by atoms with E-state index in [-0.39, 0.29) is 22.6 Å². The Kier molecular flexibility index (Phi) is 4.65. The zero-order valence-corrected chi connectivity index (χ0v) is 13.7. The van der Waals surface area contributed by atoms with E-state index in [2.05, 4.69) is 10.3 Å². The molecular formula is C15H18N2O4S. The number of aryl methyl sites for hydroxylation is 3. The highest BCUT2D eigenvalue weighted by atomic mass is 32.1. The summed E-state index contributed by atoms with van der Waals surface area (Å²) >= 11 is 1.07. The van der Waals surface area contributed by atoms with Gasteiger partial charge < -0.3 is 14.8 Å². The monoisotopic (exact) mass is 322 g/mol. The molecule has 2 N–H and O–H groups in total. The Morgan fingerprint density at radius 1 is 1.45 bits per heavy atom. The average Bonchev–Trinajstić information content (AvgIpc) is 3.01. The molecule has 0 bridgehead atoms. The van der Waals surface area contributed by atoms with E-state index >= 15 is 0 Å². The van der Waals surface area contributed by atoms with Gasteiger partial charge in [0.15, 0.2) is 5.76 Å². The van der Waals surface area contributed by atoms with Crippen LogP contribution in [0.1, 0.15) is 62.1 Å². The first-order valence-electron chi connectivity index (χ1n) is 6.94. The van der Waals surface area contributed by atoms with Crippen LogP contribution in [0.15, 0.2) is 10.5 Å². The Bertz CT molecular complexity index is 717. The van der Waals surface area contributed by atoms with Gasteiger partial charge in [0.2, 0.25) is 0 Å². The molecule has 6 nitrogen and oxygen atoms in total. The van der Waals surface area contributed by atoms with Gasteiger partial charge in [-0.05, 0) is 32.4 Å². The summed E-state index contributed by atoms with van der Waals surface area (Å²) in [4.78, 5) is 27.6. The van der Waals surface area contributed by atoms with E-state index in [1.54, 1.807) is 19.9 Å². The van der Waals surface area contributed by atoms with E-state index in [9.17, 15) is 9.59 Å². The molecule has 2 rings (SSSR count). The Balaban J connectivity index is 2.13. The number of carboxylic acid groups (broad SMARTS) is 1. The van der Waals surface area contributed by atoms with Crippen LogP contribution in [0.4, 0.5) is 0 Å². The number of carboxylic acids is 1. The minimum atomic E-state index is -1.01. The fourth-order valence-corrected chi connectivity index (χ4v) is 3.02.